The first-order valence-electron chi connectivity index (χ1n) is 12.5. The van der Waals surface area contributed by atoms with Gasteiger partial charge in [0.05, 0.1) is 11.4 Å². The van der Waals surface area contributed by atoms with E-state index >= 15 is 0 Å². The third-order valence-corrected chi connectivity index (χ3v) is 6.51. The summed E-state index contributed by atoms with van der Waals surface area (Å²) in [6.45, 7) is 1.78. The Hall–Kier alpha value is -5.08. The van der Waals surface area contributed by atoms with Crippen LogP contribution >= 0.6 is 12.2 Å². The fraction of sp³-hybridized carbons (Fsp3) is 0.0625. The molecule has 0 unspecified atom stereocenters. The molecule has 1 aliphatic heterocycles. The average Bonchev–Trinajstić information content (AvgIpc) is 2.96. The SMILES string of the molecule is Cc1cccc(NC(=O)COc2ccc(C=C3C(=O)N(c4ccccc4)C(=S)N(c4ccccc4)C3=O)cc2)c1. The van der Waals surface area contributed by atoms with Crippen LogP contribution in [0.25, 0.3) is 6.08 Å². The second kappa shape index (κ2) is 11.8. The number of para-hydroxylation sites is 2. The highest BCUT2D eigenvalue weighted by molar-refractivity contribution is 7.81. The van der Waals surface area contributed by atoms with E-state index in [4.69, 9.17) is 17.0 Å². The Bertz CT molecular complexity index is 1540. The molecule has 0 aromatic heterocycles. The lowest BCUT2D eigenvalue weighted by Crippen LogP contribution is -2.56. The van der Waals surface area contributed by atoms with Crippen molar-refractivity contribution in [3.8, 4) is 5.75 Å². The number of aryl methyl sites for hydroxylation is 1. The minimum absolute atomic E-state index is 0.0347. The van der Waals surface area contributed by atoms with Gasteiger partial charge in [-0.3, -0.25) is 24.2 Å². The number of benzene rings is 4. The van der Waals surface area contributed by atoms with Crippen LogP contribution in [-0.2, 0) is 14.4 Å². The number of hydrogen-bond acceptors (Lipinski definition) is 5. The Morgan fingerprint density at radius 3 is 1.93 bits per heavy atom. The summed E-state index contributed by atoms with van der Waals surface area (Å²) in [6, 6.07) is 32.3. The van der Waals surface area contributed by atoms with Gasteiger partial charge in [0.1, 0.15) is 11.3 Å². The summed E-state index contributed by atoms with van der Waals surface area (Å²) < 4.78 is 5.62. The molecule has 40 heavy (non-hydrogen) atoms. The standard InChI is InChI=1S/C32H25N3O4S/c1-22-9-8-10-24(19-22)33-29(36)21-39-27-17-15-23(16-18-27)20-28-30(37)34(25-11-4-2-5-12-25)32(40)35(31(28)38)26-13-6-3-7-14-26/h2-20H,21H2,1H3,(H,33,36). The predicted molar refractivity (Wildman–Crippen MR) is 160 cm³/mol. The van der Waals surface area contributed by atoms with Crippen LogP contribution in [0.4, 0.5) is 17.1 Å². The van der Waals surface area contributed by atoms with Gasteiger partial charge >= 0.3 is 0 Å². The molecule has 4 aromatic rings. The molecule has 0 spiro atoms. The summed E-state index contributed by atoms with van der Waals surface area (Å²) in [5.74, 6) is -0.836. The van der Waals surface area contributed by atoms with E-state index in [1.54, 1.807) is 72.8 Å². The summed E-state index contributed by atoms with van der Waals surface area (Å²) in [4.78, 5) is 42.2. The van der Waals surface area contributed by atoms with Crippen LogP contribution in [0, 0.1) is 6.92 Å². The van der Waals surface area contributed by atoms with E-state index in [1.165, 1.54) is 15.9 Å². The number of amides is 3. The second-order valence-corrected chi connectivity index (χ2v) is 9.43. The monoisotopic (exact) mass is 547 g/mol. The van der Waals surface area contributed by atoms with Crippen molar-refractivity contribution in [3.63, 3.8) is 0 Å². The van der Waals surface area contributed by atoms with E-state index in [-0.39, 0.29) is 23.2 Å². The average molecular weight is 548 g/mol. The van der Waals surface area contributed by atoms with E-state index in [9.17, 15) is 14.4 Å². The number of nitrogens with zero attached hydrogens (tertiary/aromatic N) is 2. The fourth-order valence-corrected chi connectivity index (χ4v) is 4.61. The number of nitrogens with one attached hydrogen (secondary N) is 1. The zero-order chi connectivity index (χ0) is 28.1. The minimum atomic E-state index is -0.512. The molecule has 8 heteroatoms. The van der Waals surface area contributed by atoms with Gasteiger partial charge in [0.15, 0.2) is 11.7 Å². The highest BCUT2D eigenvalue weighted by atomic mass is 32.1. The van der Waals surface area contributed by atoms with Crippen LogP contribution in [0.1, 0.15) is 11.1 Å². The summed E-state index contributed by atoms with van der Waals surface area (Å²) in [7, 11) is 0. The molecule has 1 heterocycles. The molecular weight excluding hydrogens is 522 g/mol. The van der Waals surface area contributed by atoms with Crippen molar-refractivity contribution < 1.29 is 19.1 Å². The quantitative estimate of drug-likeness (QED) is 0.181. The molecule has 3 amide bonds. The van der Waals surface area contributed by atoms with E-state index in [2.05, 4.69) is 5.32 Å². The van der Waals surface area contributed by atoms with Crippen molar-refractivity contribution in [3.05, 3.63) is 126 Å². The molecule has 5 rings (SSSR count). The summed E-state index contributed by atoms with van der Waals surface area (Å²) >= 11 is 5.63. The Balaban J connectivity index is 1.36. The summed E-state index contributed by atoms with van der Waals surface area (Å²) in [5.41, 5.74) is 3.44. The van der Waals surface area contributed by atoms with Crippen LogP contribution in [0.5, 0.6) is 5.75 Å². The molecule has 198 valence electrons. The number of carbonyl (C=O) groups excluding carboxylic acids is 3. The number of carbonyl (C=O) groups is 3. The Morgan fingerprint density at radius 1 is 0.800 bits per heavy atom. The molecule has 4 aromatic carbocycles. The van der Waals surface area contributed by atoms with Gasteiger partial charge in [-0.15, -0.1) is 0 Å². The summed E-state index contributed by atoms with van der Waals surface area (Å²) in [5, 5.41) is 2.88. The van der Waals surface area contributed by atoms with Crippen LogP contribution in [0.15, 0.2) is 115 Å². The largest absolute Gasteiger partial charge is 0.484 e. The third-order valence-electron chi connectivity index (χ3n) is 6.14. The molecule has 1 N–H and O–H groups in total. The Kier molecular flexibility index (Phi) is 7.80. The van der Waals surface area contributed by atoms with E-state index in [0.717, 1.165) is 5.56 Å². The first-order valence-corrected chi connectivity index (χ1v) is 13.0. The smallest absolute Gasteiger partial charge is 0.270 e. The number of hydrogen-bond donors (Lipinski definition) is 1. The molecule has 1 aliphatic rings. The molecule has 1 fully saturated rings. The van der Waals surface area contributed by atoms with Gasteiger partial charge in [-0.2, -0.15) is 0 Å². The maximum atomic E-state index is 13.6. The van der Waals surface area contributed by atoms with Gasteiger partial charge in [-0.05, 0) is 84.9 Å². The van der Waals surface area contributed by atoms with Gasteiger partial charge in [-0.25, -0.2) is 0 Å². The maximum absolute atomic E-state index is 13.6. The first kappa shape index (κ1) is 26.5. The lowest BCUT2D eigenvalue weighted by Gasteiger charge is -2.36. The number of anilines is 3. The molecule has 0 bridgehead atoms. The fourth-order valence-electron chi connectivity index (χ4n) is 4.23. The number of thiocarbonyl (C=S) groups is 1. The van der Waals surface area contributed by atoms with Gasteiger partial charge in [0, 0.05) is 5.69 Å². The normalized spacial score (nSPS) is 13.3. The van der Waals surface area contributed by atoms with Crippen LogP contribution < -0.4 is 19.9 Å². The highest BCUT2D eigenvalue weighted by Crippen LogP contribution is 2.30. The van der Waals surface area contributed by atoms with E-state index in [0.29, 0.717) is 28.4 Å². The molecule has 0 saturated carbocycles. The first-order chi connectivity index (χ1) is 19.4. The highest BCUT2D eigenvalue weighted by Gasteiger charge is 2.41. The number of ether oxygens (including phenoxy) is 1. The van der Waals surface area contributed by atoms with E-state index in [1.807, 2.05) is 43.3 Å². The maximum Gasteiger partial charge on any atom is 0.270 e. The predicted octanol–water partition coefficient (Wildman–Crippen LogP) is 5.76. The van der Waals surface area contributed by atoms with Crippen LogP contribution in [0.2, 0.25) is 0 Å². The molecule has 0 radical (unpaired) electrons. The summed E-state index contributed by atoms with van der Waals surface area (Å²) in [6.07, 6.45) is 1.53. The molecule has 0 atom stereocenters. The topological polar surface area (TPSA) is 79.0 Å². The van der Waals surface area contributed by atoms with Gasteiger partial charge in [0.2, 0.25) is 0 Å². The second-order valence-electron chi connectivity index (χ2n) is 9.07. The zero-order valence-corrected chi connectivity index (χ0v) is 22.4. The lowest BCUT2D eigenvalue weighted by atomic mass is 10.0. The number of rotatable bonds is 7. The molecule has 0 aliphatic carbocycles. The van der Waals surface area contributed by atoms with Gasteiger partial charge in [-0.1, -0.05) is 60.7 Å². The van der Waals surface area contributed by atoms with Crippen LogP contribution in [0.3, 0.4) is 0 Å². The van der Waals surface area contributed by atoms with Crippen molar-refractivity contribution in [2.75, 3.05) is 21.7 Å². The molecule has 1 saturated heterocycles. The zero-order valence-electron chi connectivity index (χ0n) is 21.6. The van der Waals surface area contributed by atoms with Gasteiger partial charge < -0.3 is 10.1 Å². The van der Waals surface area contributed by atoms with Crippen molar-refractivity contribution >= 4 is 58.2 Å². The van der Waals surface area contributed by atoms with Gasteiger partial charge in [0.25, 0.3) is 17.7 Å². The Labute approximate surface area is 237 Å². The third kappa shape index (κ3) is 5.82. The van der Waals surface area contributed by atoms with E-state index < -0.39 is 11.8 Å². The minimum Gasteiger partial charge on any atom is -0.484 e. The lowest BCUT2D eigenvalue weighted by molar-refractivity contribution is -0.121. The van der Waals surface area contributed by atoms with Crippen molar-refractivity contribution in [1.29, 1.82) is 0 Å². The Morgan fingerprint density at radius 2 is 1.38 bits per heavy atom. The van der Waals surface area contributed by atoms with Crippen molar-refractivity contribution in [2.45, 2.75) is 6.92 Å². The van der Waals surface area contributed by atoms with Crippen molar-refractivity contribution in [1.82, 2.24) is 0 Å². The molecule has 7 nitrogen and oxygen atoms in total. The molecular formula is C32H25N3O4S. The van der Waals surface area contributed by atoms with Crippen LogP contribution in [-0.4, -0.2) is 29.4 Å². The van der Waals surface area contributed by atoms with Crippen molar-refractivity contribution in [2.24, 2.45) is 0 Å².